The van der Waals surface area contributed by atoms with Gasteiger partial charge in [-0.3, -0.25) is 0 Å². The number of aromatic hydroxyl groups is 1. The van der Waals surface area contributed by atoms with Crippen LogP contribution in [0.2, 0.25) is 0 Å². The molecule has 1 atom stereocenters. The average molecular weight is 267 g/mol. The van der Waals surface area contributed by atoms with Gasteiger partial charge >= 0.3 is 0 Å². The van der Waals surface area contributed by atoms with Crippen LogP contribution in [0.4, 0.5) is 4.39 Å². The van der Waals surface area contributed by atoms with Gasteiger partial charge in [0.1, 0.15) is 11.6 Å². The molecule has 0 aliphatic carbocycles. The predicted molar refractivity (Wildman–Crippen MR) is 78.0 cm³/mol. The van der Waals surface area contributed by atoms with Crippen molar-refractivity contribution >= 4 is 10.8 Å². The van der Waals surface area contributed by atoms with E-state index in [-0.39, 0.29) is 11.6 Å². The van der Waals surface area contributed by atoms with Gasteiger partial charge in [-0.05, 0) is 23.1 Å². The summed E-state index contributed by atoms with van der Waals surface area (Å²) >= 11 is 0. The van der Waals surface area contributed by atoms with E-state index in [1.54, 1.807) is 12.1 Å². The third-order valence-corrected chi connectivity index (χ3v) is 3.50. The lowest BCUT2D eigenvalue weighted by atomic mass is 9.96. The first kappa shape index (κ1) is 12.6. The summed E-state index contributed by atoms with van der Waals surface area (Å²) in [6, 6.07) is 16.8. The summed E-state index contributed by atoms with van der Waals surface area (Å²) in [6.45, 7) is 0. The van der Waals surface area contributed by atoms with Crippen molar-refractivity contribution < 1.29 is 9.50 Å². The topological polar surface area (TPSA) is 46.2 Å². The normalized spacial score (nSPS) is 12.5. The van der Waals surface area contributed by atoms with Gasteiger partial charge in [-0.2, -0.15) is 0 Å². The lowest BCUT2D eigenvalue weighted by Gasteiger charge is -2.15. The van der Waals surface area contributed by atoms with Crippen LogP contribution in [-0.4, -0.2) is 5.11 Å². The van der Waals surface area contributed by atoms with Crippen LogP contribution < -0.4 is 5.73 Å². The van der Waals surface area contributed by atoms with Crippen LogP contribution in [-0.2, 0) is 0 Å². The summed E-state index contributed by atoms with van der Waals surface area (Å²) in [5.41, 5.74) is 7.57. The second kappa shape index (κ2) is 4.94. The molecule has 0 aliphatic rings. The monoisotopic (exact) mass is 267 g/mol. The molecule has 3 N–H and O–H groups in total. The van der Waals surface area contributed by atoms with Crippen molar-refractivity contribution in [1.82, 2.24) is 0 Å². The molecule has 0 bridgehead atoms. The second-order valence-corrected chi connectivity index (χ2v) is 4.75. The summed E-state index contributed by atoms with van der Waals surface area (Å²) in [4.78, 5) is 0. The zero-order valence-electron chi connectivity index (χ0n) is 10.8. The van der Waals surface area contributed by atoms with E-state index in [9.17, 15) is 9.50 Å². The van der Waals surface area contributed by atoms with Gasteiger partial charge in [0, 0.05) is 10.9 Å². The molecule has 0 radical (unpaired) electrons. The molecular weight excluding hydrogens is 253 g/mol. The Bertz CT molecular complexity index is 753. The van der Waals surface area contributed by atoms with E-state index in [2.05, 4.69) is 0 Å². The number of hydrogen-bond acceptors (Lipinski definition) is 2. The molecule has 20 heavy (non-hydrogen) atoms. The maximum absolute atomic E-state index is 12.9. The number of fused-ring (bicyclic) bond motifs is 1. The van der Waals surface area contributed by atoms with E-state index in [1.165, 1.54) is 12.1 Å². The zero-order valence-corrected chi connectivity index (χ0v) is 10.8. The quantitative estimate of drug-likeness (QED) is 0.743. The highest BCUT2D eigenvalue weighted by Crippen LogP contribution is 2.34. The number of phenols is 1. The minimum Gasteiger partial charge on any atom is -0.507 e. The van der Waals surface area contributed by atoms with Gasteiger partial charge in [-0.25, -0.2) is 4.39 Å². The highest BCUT2D eigenvalue weighted by molar-refractivity contribution is 5.89. The molecule has 3 heteroatoms. The van der Waals surface area contributed by atoms with Crippen molar-refractivity contribution in [2.75, 3.05) is 0 Å². The van der Waals surface area contributed by atoms with Crippen molar-refractivity contribution in [2.24, 2.45) is 5.73 Å². The predicted octanol–water partition coefficient (Wildman–Crippen LogP) is 3.73. The third kappa shape index (κ3) is 2.12. The molecular formula is C17H14FNO. The smallest absolute Gasteiger partial charge is 0.128 e. The Morgan fingerprint density at radius 3 is 2.35 bits per heavy atom. The molecule has 0 saturated carbocycles. The molecule has 3 aromatic rings. The van der Waals surface area contributed by atoms with Crippen molar-refractivity contribution in [3.05, 3.63) is 77.6 Å². The van der Waals surface area contributed by atoms with Crippen molar-refractivity contribution in [1.29, 1.82) is 0 Å². The lowest BCUT2D eigenvalue weighted by molar-refractivity contribution is 0.472. The number of hydrogen-bond donors (Lipinski definition) is 2. The molecule has 3 aromatic carbocycles. The average Bonchev–Trinajstić information content (AvgIpc) is 2.48. The number of halogens is 1. The van der Waals surface area contributed by atoms with Gasteiger partial charge in [0.05, 0.1) is 6.04 Å². The van der Waals surface area contributed by atoms with Gasteiger partial charge < -0.3 is 10.8 Å². The van der Waals surface area contributed by atoms with Crippen LogP contribution in [0, 0.1) is 5.82 Å². The molecule has 0 aliphatic heterocycles. The summed E-state index contributed by atoms with van der Waals surface area (Å²) in [7, 11) is 0. The van der Waals surface area contributed by atoms with E-state index in [4.69, 9.17) is 5.73 Å². The van der Waals surface area contributed by atoms with Gasteiger partial charge in [-0.15, -0.1) is 0 Å². The Kier molecular flexibility index (Phi) is 3.12. The van der Waals surface area contributed by atoms with Crippen LogP contribution >= 0.6 is 0 Å². The van der Waals surface area contributed by atoms with Crippen LogP contribution in [0.5, 0.6) is 5.75 Å². The van der Waals surface area contributed by atoms with Gasteiger partial charge in [0.25, 0.3) is 0 Å². The van der Waals surface area contributed by atoms with Crippen molar-refractivity contribution in [3.63, 3.8) is 0 Å². The fraction of sp³-hybridized carbons (Fsp3) is 0.0588. The maximum Gasteiger partial charge on any atom is 0.128 e. The van der Waals surface area contributed by atoms with Gasteiger partial charge in [0.2, 0.25) is 0 Å². The molecule has 1 unspecified atom stereocenters. The fourth-order valence-electron chi connectivity index (χ4n) is 2.37. The van der Waals surface area contributed by atoms with Crippen molar-refractivity contribution in [3.8, 4) is 5.75 Å². The number of benzene rings is 3. The lowest BCUT2D eigenvalue weighted by Crippen LogP contribution is -2.12. The SMILES string of the molecule is NC(c1ccc(F)cc1)c1ccc2ccccc2c1O. The molecule has 0 aromatic heterocycles. The van der Waals surface area contributed by atoms with E-state index in [0.717, 1.165) is 16.3 Å². The van der Waals surface area contributed by atoms with E-state index >= 15 is 0 Å². The zero-order chi connectivity index (χ0) is 14.1. The van der Waals surface area contributed by atoms with E-state index in [1.807, 2.05) is 36.4 Å². The van der Waals surface area contributed by atoms with Gasteiger partial charge in [0.15, 0.2) is 0 Å². The molecule has 3 rings (SSSR count). The molecule has 0 fully saturated rings. The van der Waals surface area contributed by atoms with Crippen molar-refractivity contribution in [2.45, 2.75) is 6.04 Å². The summed E-state index contributed by atoms with van der Waals surface area (Å²) in [6.07, 6.45) is 0. The van der Waals surface area contributed by atoms with Gasteiger partial charge in [-0.1, -0.05) is 48.5 Å². The number of phenolic OH excluding ortho intramolecular Hbond substituents is 1. The second-order valence-electron chi connectivity index (χ2n) is 4.75. The minimum absolute atomic E-state index is 0.180. The molecule has 0 amide bonds. The molecule has 0 spiro atoms. The molecule has 0 heterocycles. The Balaban J connectivity index is 2.09. The summed E-state index contributed by atoms with van der Waals surface area (Å²) in [5, 5.41) is 12.1. The highest BCUT2D eigenvalue weighted by atomic mass is 19.1. The summed E-state index contributed by atoms with van der Waals surface area (Å²) in [5.74, 6) is -0.122. The largest absolute Gasteiger partial charge is 0.507 e. The first-order chi connectivity index (χ1) is 9.66. The standard InChI is InChI=1S/C17H14FNO/c18-13-8-5-12(6-9-13)16(19)15-10-7-11-3-1-2-4-14(11)17(15)20/h1-10,16,20H,19H2. The highest BCUT2D eigenvalue weighted by Gasteiger charge is 2.15. The first-order valence-corrected chi connectivity index (χ1v) is 6.38. The number of rotatable bonds is 2. The fourth-order valence-corrected chi connectivity index (χ4v) is 2.37. The van der Waals surface area contributed by atoms with E-state index < -0.39 is 6.04 Å². The first-order valence-electron chi connectivity index (χ1n) is 6.38. The maximum atomic E-state index is 12.9. The van der Waals surface area contributed by atoms with Crippen LogP contribution in [0.3, 0.4) is 0 Å². The molecule has 2 nitrogen and oxygen atoms in total. The van der Waals surface area contributed by atoms with Crippen LogP contribution in [0.1, 0.15) is 17.2 Å². The van der Waals surface area contributed by atoms with Crippen LogP contribution in [0.15, 0.2) is 60.7 Å². The Morgan fingerprint density at radius 2 is 1.60 bits per heavy atom. The Labute approximate surface area is 116 Å². The number of nitrogens with two attached hydrogens (primary N) is 1. The third-order valence-electron chi connectivity index (χ3n) is 3.50. The Morgan fingerprint density at radius 1 is 0.900 bits per heavy atom. The van der Waals surface area contributed by atoms with E-state index in [0.29, 0.717) is 5.56 Å². The molecule has 100 valence electrons. The van der Waals surface area contributed by atoms with Crippen LogP contribution in [0.25, 0.3) is 10.8 Å². The Hall–Kier alpha value is -2.39. The summed E-state index contributed by atoms with van der Waals surface area (Å²) < 4.78 is 12.9. The minimum atomic E-state index is -0.486. The molecule has 0 saturated heterocycles.